The fourth-order valence-electron chi connectivity index (χ4n) is 9.83. The third-order valence-corrected chi connectivity index (χ3v) is 13.9. The van der Waals surface area contributed by atoms with Crippen molar-refractivity contribution in [2.24, 2.45) is 0 Å². The van der Waals surface area contributed by atoms with Crippen LogP contribution in [0.15, 0.2) is 148 Å². The smallest absolute Gasteiger partial charge is 0.142 e. The Morgan fingerprint density at radius 1 is 0.302 bits per heavy atom. The summed E-state index contributed by atoms with van der Waals surface area (Å²) in [6.07, 6.45) is 0. The highest BCUT2D eigenvalue weighted by Crippen LogP contribution is 2.45. The van der Waals surface area contributed by atoms with E-state index in [9.17, 15) is 0 Å². The van der Waals surface area contributed by atoms with Crippen LogP contribution in [0, 0.1) is 62.3 Å². The summed E-state index contributed by atoms with van der Waals surface area (Å²) in [5.74, 6) is 0. The molecule has 11 rings (SSSR count). The van der Waals surface area contributed by atoms with Gasteiger partial charge in [0.05, 0.1) is 0 Å². The fourth-order valence-corrected chi connectivity index (χ4v) is 9.83. The van der Waals surface area contributed by atoms with Gasteiger partial charge < -0.3 is 18.6 Å². The predicted molar refractivity (Wildman–Crippen MR) is 268 cm³/mol. The zero-order chi connectivity index (χ0) is 43.4. The van der Waals surface area contributed by atoms with Crippen LogP contribution in [0.3, 0.4) is 0 Å². The lowest BCUT2D eigenvalue weighted by Crippen LogP contribution is -2.12. The molecule has 0 bridgehead atoms. The van der Waals surface area contributed by atoms with Gasteiger partial charge >= 0.3 is 0 Å². The maximum absolute atomic E-state index is 6.79. The molecule has 0 radical (unpaired) electrons. The van der Waals surface area contributed by atoms with E-state index in [1.165, 1.54) is 66.7 Å². The molecule has 2 heterocycles. The molecule has 0 amide bonds. The summed E-state index contributed by atoms with van der Waals surface area (Å²) in [7, 11) is 0. The van der Waals surface area contributed by atoms with Gasteiger partial charge in [0, 0.05) is 61.2 Å². The van der Waals surface area contributed by atoms with Crippen molar-refractivity contribution in [1.82, 2.24) is 0 Å². The molecule has 63 heavy (non-hydrogen) atoms. The quantitative estimate of drug-likeness (QED) is 0.167. The Hall–Kier alpha value is -7.30. The van der Waals surface area contributed by atoms with E-state index in [0.717, 1.165) is 83.0 Å². The minimum atomic E-state index is 0.864. The normalized spacial score (nSPS) is 11.9. The lowest BCUT2D eigenvalue weighted by atomic mass is 9.99. The molecular formula is C59H50N2O2. The van der Waals surface area contributed by atoms with Crippen LogP contribution >= 0.6 is 0 Å². The number of furan rings is 2. The summed E-state index contributed by atoms with van der Waals surface area (Å²) < 4.78 is 13.6. The molecule has 0 spiro atoms. The molecule has 308 valence electrons. The molecule has 4 nitrogen and oxygen atoms in total. The van der Waals surface area contributed by atoms with Crippen molar-refractivity contribution in [3.63, 3.8) is 0 Å². The highest BCUT2D eigenvalue weighted by Gasteiger charge is 2.22. The van der Waals surface area contributed by atoms with Crippen LogP contribution in [0.1, 0.15) is 50.1 Å². The van der Waals surface area contributed by atoms with Crippen molar-refractivity contribution >= 4 is 99.5 Å². The first-order valence-corrected chi connectivity index (χ1v) is 22.0. The van der Waals surface area contributed by atoms with E-state index in [-0.39, 0.29) is 0 Å². The van der Waals surface area contributed by atoms with Crippen LogP contribution < -0.4 is 9.80 Å². The maximum atomic E-state index is 6.79. The Morgan fingerprint density at radius 3 is 1.10 bits per heavy atom. The second kappa shape index (κ2) is 14.4. The molecule has 0 aliphatic rings. The Labute approximate surface area is 368 Å². The van der Waals surface area contributed by atoms with Crippen LogP contribution in [0.5, 0.6) is 0 Å². The number of hydrogen-bond acceptors (Lipinski definition) is 4. The predicted octanol–water partition coefficient (Wildman–Crippen LogP) is 17.5. The highest BCUT2D eigenvalue weighted by molar-refractivity contribution is 6.20. The Morgan fingerprint density at radius 2 is 0.698 bits per heavy atom. The van der Waals surface area contributed by atoms with Gasteiger partial charge in [0.1, 0.15) is 22.3 Å². The third-order valence-electron chi connectivity index (χ3n) is 13.9. The minimum absolute atomic E-state index is 0.864. The van der Waals surface area contributed by atoms with Gasteiger partial charge in [-0.2, -0.15) is 0 Å². The second-order valence-corrected chi connectivity index (χ2v) is 17.9. The molecule has 4 heteroatoms. The number of nitrogens with zero attached hydrogens (tertiary/aromatic N) is 2. The van der Waals surface area contributed by atoms with Gasteiger partial charge in [-0.1, -0.05) is 48.5 Å². The molecule has 2 aromatic heterocycles. The molecule has 0 atom stereocenters. The summed E-state index contributed by atoms with van der Waals surface area (Å²) >= 11 is 0. The number of para-hydroxylation sites is 2. The molecule has 0 fully saturated rings. The van der Waals surface area contributed by atoms with Gasteiger partial charge in [0.25, 0.3) is 0 Å². The zero-order valence-electron chi connectivity index (χ0n) is 37.5. The molecule has 0 aliphatic heterocycles. The van der Waals surface area contributed by atoms with Gasteiger partial charge in [-0.05, 0) is 219 Å². The summed E-state index contributed by atoms with van der Waals surface area (Å²) in [6.45, 7) is 19.7. The maximum Gasteiger partial charge on any atom is 0.142 e. The fraction of sp³-hybridized carbons (Fsp3) is 0.153. The Bertz CT molecular complexity index is 3410. The van der Waals surface area contributed by atoms with E-state index in [2.05, 4.69) is 212 Å². The first-order chi connectivity index (χ1) is 30.4. The number of anilines is 6. The summed E-state index contributed by atoms with van der Waals surface area (Å²) in [5, 5.41) is 9.01. The average Bonchev–Trinajstić information content (AvgIpc) is 3.82. The molecule has 9 aromatic carbocycles. The first kappa shape index (κ1) is 38.6. The average molecular weight is 819 g/mol. The number of rotatable bonds is 6. The van der Waals surface area contributed by atoms with Gasteiger partial charge in [0.15, 0.2) is 0 Å². The van der Waals surface area contributed by atoms with Crippen LogP contribution in [0.2, 0.25) is 0 Å². The van der Waals surface area contributed by atoms with Crippen molar-refractivity contribution in [3.05, 3.63) is 190 Å². The van der Waals surface area contributed by atoms with Crippen molar-refractivity contribution in [3.8, 4) is 0 Å². The number of benzene rings is 9. The standard InChI is InChI=1S/C59H50N2O2/c1-33-14-10-12-16-54(33)60(48-22-35(3)39(7)36(4)23-48)46-20-18-42-28-50-52-32-53-51-29-43-19-21-47(61(55-17-13-11-15-34(55)2)49-24-37(5)40(8)38(6)25-49)27-45(43)31-57(51)63-59(53)41(9)58(52)62-56(50)30-44(42)26-46/h10-32H,1-9H3. The van der Waals surface area contributed by atoms with Gasteiger partial charge in [-0.25, -0.2) is 0 Å². The number of aryl methyl sites for hydroxylation is 7. The van der Waals surface area contributed by atoms with Crippen LogP contribution in [0.25, 0.3) is 65.4 Å². The lowest BCUT2D eigenvalue weighted by molar-refractivity contribution is 0.651. The van der Waals surface area contributed by atoms with E-state index in [0.29, 0.717) is 0 Å². The summed E-state index contributed by atoms with van der Waals surface area (Å²) in [6, 6.07) is 51.3. The first-order valence-electron chi connectivity index (χ1n) is 22.0. The van der Waals surface area contributed by atoms with Crippen LogP contribution in [0.4, 0.5) is 34.1 Å². The third kappa shape index (κ3) is 6.19. The Balaban J connectivity index is 1.03. The Kier molecular flexibility index (Phi) is 8.82. The van der Waals surface area contributed by atoms with E-state index in [1.54, 1.807) is 0 Å². The van der Waals surface area contributed by atoms with E-state index < -0.39 is 0 Å². The molecule has 0 unspecified atom stereocenters. The molecule has 11 aromatic rings. The van der Waals surface area contributed by atoms with Gasteiger partial charge in [0.2, 0.25) is 0 Å². The van der Waals surface area contributed by atoms with Crippen molar-refractivity contribution in [2.45, 2.75) is 62.3 Å². The molecule has 0 saturated heterocycles. The number of fused-ring (bicyclic) bond motifs is 8. The summed E-state index contributed by atoms with van der Waals surface area (Å²) in [4.78, 5) is 4.77. The van der Waals surface area contributed by atoms with E-state index in [4.69, 9.17) is 8.83 Å². The van der Waals surface area contributed by atoms with Crippen LogP contribution in [-0.2, 0) is 0 Å². The van der Waals surface area contributed by atoms with Crippen molar-refractivity contribution in [1.29, 1.82) is 0 Å². The largest absolute Gasteiger partial charge is 0.456 e. The molecule has 0 N–H and O–H groups in total. The molecule has 0 saturated carbocycles. The highest BCUT2D eigenvalue weighted by atomic mass is 16.3. The van der Waals surface area contributed by atoms with Crippen molar-refractivity contribution < 1.29 is 8.83 Å². The van der Waals surface area contributed by atoms with Crippen molar-refractivity contribution in [2.75, 3.05) is 9.80 Å². The molecule has 0 aliphatic carbocycles. The second-order valence-electron chi connectivity index (χ2n) is 17.9. The van der Waals surface area contributed by atoms with Gasteiger partial charge in [-0.15, -0.1) is 0 Å². The minimum Gasteiger partial charge on any atom is -0.456 e. The van der Waals surface area contributed by atoms with E-state index >= 15 is 0 Å². The number of hydrogen-bond donors (Lipinski definition) is 0. The monoisotopic (exact) mass is 818 g/mol. The topological polar surface area (TPSA) is 32.8 Å². The van der Waals surface area contributed by atoms with Crippen LogP contribution in [-0.4, -0.2) is 0 Å². The molecular weight excluding hydrogens is 769 g/mol. The van der Waals surface area contributed by atoms with Gasteiger partial charge in [-0.3, -0.25) is 0 Å². The lowest BCUT2D eigenvalue weighted by Gasteiger charge is -2.28. The van der Waals surface area contributed by atoms with E-state index in [1.807, 2.05) is 0 Å². The summed E-state index contributed by atoms with van der Waals surface area (Å²) in [5.41, 5.74) is 21.6. The zero-order valence-corrected chi connectivity index (χ0v) is 37.5. The SMILES string of the molecule is Cc1ccccc1N(c1cc(C)c(C)c(C)c1)c1ccc2cc3c(cc2c1)oc1c(C)c2oc4cc5cc(N(c6cc(C)c(C)c(C)c6)c6ccccc6C)ccc5cc4c2cc13.